The van der Waals surface area contributed by atoms with Crippen LogP contribution < -0.4 is 0 Å². The van der Waals surface area contributed by atoms with Crippen molar-refractivity contribution in [2.75, 3.05) is 11.5 Å². The summed E-state index contributed by atoms with van der Waals surface area (Å²) in [7, 11) is 0. The van der Waals surface area contributed by atoms with Crippen molar-refractivity contribution in [1.29, 1.82) is 0 Å². The van der Waals surface area contributed by atoms with Gasteiger partial charge in [0, 0.05) is 33.1 Å². The van der Waals surface area contributed by atoms with Gasteiger partial charge in [0.2, 0.25) is 0 Å². The zero-order chi connectivity index (χ0) is 19.9. The van der Waals surface area contributed by atoms with Crippen molar-refractivity contribution in [3.8, 4) is 0 Å². The van der Waals surface area contributed by atoms with Crippen molar-refractivity contribution in [3.63, 3.8) is 0 Å². The Morgan fingerprint density at radius 2 is 1.70 bits per heavy atom. The normalized spacial score (nSPS) is 25.7. The molecule has 0 aliphatic carbocycles. The van der Waals surface area contributed by atoms with Gasteiger partial charge in [0.1, 0.15) is 5.84 Å². The molecule has 2 unspecified atom stereocenters. The van der Waals surface area contributed by atoms with Gasteiger partial charge < -0.3 is 0 Å². The Bertz CT molecular complexity index is 798. The van der Waals surface area contributed by atoms with Gasteiger partial charge in [0.15, 0.2) is 0 Å². The Morgan fingerprint density at radius 1 is 0.963 bits per heavy atom. The van der Waals surface area contributed by atoms with Gasteiger partial charge in [-0.05, 0) is 17.6 Å². The summed E-state index contributed by atoms with van der Waals surface area (Å²) >= 11 is 0.211. The van der Waals surface area contributed by atoms with Gasteiger partial charge in [-0.2, -0.15) is 4.37 Å². The molecule has 1 aromatic heterocycles. The van der Waals surface area contributed by atoms with Gasteiger partial charge >= 0.3 is 0 Å². The number of amidine groups is 1. The van der Waals surface area contributed by atoms with Crippen molar-refractivity contribution in [2.24, 2.45) is 29.0 Å². The molecule has 5 nitrogen and oxygen atoms in total. The van der Waals surface area contributed by atoms with E-state index >= 15 is 0 Å². The zero-order valence-electron chi connectivity index (χ0n) is 17.3. The Balaban J connectivity index is 1.66. The van der Waals surface area contributed by atoms with E-state index in [4.69, 9.17) is 13.2 Å². The first kappa shape index (κ1) is 20.7. The molecule has 0 bridgehead atoms. The predicted octanol–water partition coefficient (Wildman–Crippen LogP) is 5.21. The average Bonchev–Trinajstić information content (AvgIpc) is 3.27. The van der Waals surface area contributed by atoms with Crippen molar-refractivity contribution in [1.82, 2.24) is 4.37 Å². The van der Waals surface area contributed by atoms with E-state index in [-0.39, 0.29) is 16.2 Å². The first-order chi connectivity index (χ1) is 12.5. The maximum absolute atomic E-state index is 5.02. The molecule has 0 radical (unpaired) electrons. The van der Waals surface area contributed by atoms with Crippen LogP contribution in [0.1, 0.15) is 54.2 Å². The summed E-state index contributed by atoms with van der Waals surface area (Å²) in [5, 5.41) is 2.04. The lowest BCUT2D eigenvalue weighted by atomic mass is 9.90. The number of aliphatic imine (C=N–C) groups is 1. The molecule has 150 valence electrons. The smallest absolute Gasteiger partial charge is 0.140 e. The number of nitrogens with zero attached hydrogens (tertiary/aromatic N) is 5. The molecule has 2 aliphatic heterocycles. The van der Waals surface area contributed by atoms with E-state index in [2.05, 4.69) is 69.4 Å². The molecular formula is C19H31N5S3. The molecule has 0 amide bonds. The summed E-state index contributed by atoms with van der Waals surface area (Å²) in [6.07, 6.45) is 2.00. The summed E-state index contributed by atoms with van der Waals surface area (Å²) in [6, 6.07) is 2.11. The predicted molar refractivity (Wildman–Crippen MR) is 128 cm³/mol. The van der Waals surface area contributed by atoms with Crippen LogP contribution in [-0.4, -0.2) is 39.2 Å². The monoisotopic (exact) mass is 425 g/mol. The van der Waals surface area contributed by atoms with E-state index in [9.17, 15) is 0 Å². The van der Waals surface area contributed by atoms with Gasteiger partial charge in [0.25, 0.3) is 0 Å². The van der Waals surface area contributed by atoms with Crippen molar-refractivity contribution in [2.45, 2.75) is 53.9 Å². The SMILES string of the molecule is CC(C)(C)C1=N[SH](CC(C)(C)C2=N[SH](CC(C)(C)c3ccsn3)N=C2)C=N1. The Labute approximate surface area is 172 Å². The second-order valence-corrected chi connectivity index (χ2v) is 13.2. The lowest BCUT2D eigenvalue weighted by molar-refractivity contribution is 0.585. The van der Waals surface area contributed by atoms with Crippen LogP contribution in [0.5, 0.6) is 0 Å². The first-order valence-electron chi connectivity index (χ1n) is 9.19. The highest BCUT2D eigenvalue weighted by atomic mass is 32.2. The standard InChI is InChI=1S/C19H31N5S3/c1-17(2,3)16-20-13-26(24-16)11-18(4,5)15-10-21-27(23-15)12-19(6,7)14-8-9-25-22-14/h8-10,13,26-27H,11-12H2,1-7H3. The molecule has 0 aromatic carbocycles. The maximum atomic E-state index is 5.02. The van der Waals surface area contributed by atoms with Crippen LogP contribution in [-0.2, 0) is 5.41 Å². The van der Waals surface area contributed by atoms with E-state index in [1.807, 2.05) is 11.6 Å². The highest BCUT2D eigenvalue weighted by Gasteiger charge is 2.33. The third kappa shape index (κ3) is 4.90. The number of aromatic nitrogens is 1. The van der Waals surface area contributed by atoms with Crippen molar-refractivity contribution in [3.05, 3.63) is 17.1 Å². The molecule has 0 saturated carbocycles. The van der Waals surface area contributed by atoms with Crippen molar-refractivity contribution < 1.29 is 0 Å². The summed E-state index contributed by atoms with van der Waals surface area (Å²) in [6.45, 7) is 15.5. The maximum Gasteiger partial charge on any atom is 0.140 e. The number of thiol groups is 2. The molecule has 2 aliphatic rings. The van der Waals surface area contributed by atoms with E-state index in [1.165, 1.54) is 11.5 Å². The number of rotatable bonds is 6. The second-order valence-electron chi connectivity index (χ2n) is 9.43. The van der Waals surface area contributed by atoms with E-state index in [0.29, 0.717) is 0 Å². The number of hydrogen-bond acceptors (Lipinski definition) is 6. The second kappa shape index (κ2) is 7.44. The van der Waals surface area contributed by atoms with Gasteiger partial charge in [-0.1, -0.05) is 59.7 Å². The summed E-state index contributed by atoms with van der Waals surface area (Å²) in [5.41, 5.74) is 4.28. The fraction of sp³-hybridized carbons (Fsp3) is 0.632. The lowest BCUT2D eigenvalue weighted by Gasteiger charge is -2.27. The van der Waals surface area contributed by atoms with Gasteiger partial charge in [-0.15, -0.1) is 11.1 Å². The van der Waals surface area contributed by atoms with Gasteiger partial charge in [-0.25, -0.2) is 18.2 Å². The fourth-order valence-electron chi connectivity index (χ4n) is 2.88. The first-order valence-corrected chi connectivity index (χ1v) is 13.0. The highest BCUT2D eigenvalue weighted by molar-refractivity contribution is 8.27. The minimum atomic E-state index is -0.727. The Morgan fingerprint density at radius 3 is 2.30 bits per heavy atom. The third-order valence-electron chi connectivity index (χ3n) is 4.66. The molecule has 3 heterocycles. The molecule has 2 atom stereocenters. The summed E-state index contributed by atoms with van der Waals surface area (Å²) < 4.78 is 19.2. The van der Waals surface area contributed by atoms with Crippen LogP contribution in [0.25, 0.3) is 0 Å². The minimum Gasteiger partial charge on any atom is -0.233 e. The topological polar surface area (TPSA) is 62.3 Å². The molecule has 0 fully saturated rings. The Hall–Kier alpha value is -0.990. The fourth-order valence-corrected chi connectivity index (χ4v) is 7.45. The van der Waals surface area contributed by atoms with Gasteiger partial charge in [-0.3, -0.25) is 0 Å². The molecule has 0 N–H and O–H groups in total. The van der Waals surface area contributed by atoms with Crippen LogP contribution in [0, 0.1) is 10.8 Å². The molecule has 0 spiro atoms. The van der Waals surface area contributed by atoms with E-state index in [1.54, 1.807) is 0 Å². The molecule has 3 rings (SSSR count). The highest BCUT2D eigenvalue weighted by Crippen LogP contribution is 2.44. The summed E-state index contributed by atoms with van der Waals surface area (Å²) in [4.78, 5) is 4.57. The third-order valence-corrected chi connectivity index (χ3v) is 9.07. The number of hydrogen-bond donors (Lipinski definition) is 2. The molecular weight excluding hydrogens is 394 g/mol. The molecule has 8 heteroatoms. The van der Waals surface area contributed by atoms with E-state index < -0.39 is 22.3 Å². The van der Waals surface area contributed by atoms with Crippen LogP contribution in [0.4, 0.5) is 0 Å². The molecule has 0 saturated heterocycles. The average molecular weight is 426 g/mol. The summed E-state index contributed by atoms with van der Waals surface area (Å²) in [5.74, 6) is 2.87. The zero-order valence-corrected chi connectivity index (χ0v) is 19.9. The largest absolute Gasteiger partial charge is 0.233 e. The Kier molecular flexibility index (Phi) is 5.72. The van der Waals surface area contributed by atoms with Crippen LogP contribution >= 0.6 is 33.9 Å². The minimum absolute atomic E-state index is 0.000232. The van der Waals surface area contributed by atoms with Crippen LogP contribution in [0.2, 0.25) is 0 Å². The molecule has 1 aromatic rings. The lowest BCUT2D eigenvalue weighted by Crippen LogP contribution is -2.28. The van der Waals surface area contributed by atoms with Gasteiger partial charge in [0.05, 0.1) is 23.2 Å². The van der Waals surface area contributed by atoms with Crippen LogP contribution in [0.3, 0.4) is 0 Å². The van der Waals surface area contributed by atoms with Crippen molar-refractivity contribution >= 4 is 57.2 Å². The molecule has 27 heavy (non-hydrogen) atoms. The van der Waals surface area contributed by atoms with Crippen LogP contribution in [0.15, 0.2) is 29.6 Å². The quantitative estimate of drug-likeness (QED) is 0.604. The van der Waals surface area contributed by atoms with E-state index in [0.717, 1.165) is 28.7 Å².